The van der Waals surface area contributed by atoms with E-state index in [4.69, 9.17) is 5.11 Å². The van der Waals surface area contributed by atoms with Gasteiger partial charge in [-0.1, -0.05) is 0 Å². The summed E-state index contributed by atoms with van der Waals surface area (Å²) in [5.41, 5.74) is 0. The highest BCUT2D eigenvalue weighted by Crippen LogP contribution is 2.32. The molecule has 0 amide bonds. The van der Waals surface area contributed by atoms with Crippen molar-refractivity contribution in [2.24, 2.45) is 5.92 Å². The van der Waals surface area contributed by atoms with Crippen LogP contribution in [0.5, 0.6) is 0 Å². The Kier molecular flexibility index (Phi) is 1.20. The standard InChI is InChI=1S/C7H11NO2/c9-7(10)5-2-1-4-3-6(5)8-4/h4-6,8H,1-3H2,(H,9,10)/t4-,5-,6-/m1/s1. The van der Waals surface area contributed by atoms with Crippen LogP contribution in [0.2, 0.25) is 0 Å². The number of carboxylic acids is 1. The fourth-order valence-corrected chi connectivity index (χ4v) is 1.94. The van der Waals surface area contributed by atoms with E-state index < -0.39 is 5.97 Å². The molecule has 3 nitrogen and oxygen atoms in total. The summed E-state index contributed by atoms with van der Waals surface area (Å²) in [6.45, 7) is 0. The summed E-state index contributed by atoms with van der Waals surface area (Å²) in [5.74, 6) is -0.736. The van der Waals surface area contributed by atoms with Crippen molar-refractivity contribution in [3.8, 4) is 0 Å². The van der Waals surface area contributed by atoms with Gasteiger partial charge in [0, 0.05) is 12.1 Å². The van der Waals surface area contributed by atoms with E-state index in [0.29, 0.717) is 6.04 Å². The normalized spacial score (nSPS) is 44.2. The monoisotopic (exact) mass is 141 g/mol. The minimum Gasteiger partial charge on any atom is -0.481 e. The van der Waals surface area contributed by atoms with Crippen LogP contribution in [0.1, 0.15) is 19.3 Å². The Bertz CT molecular complexity index is 160. The molecule has 56 valence electrons. The van der Waals surface area contributed by atoms with Crippen LogP contribution in [0.3, 0.4) is 0 Å². The van der Waals surface area contributed by atoms with Gasteiger partial charge >= 0.3 is 5.97 Å². The van der Waals surface area contributed by atoms with Crippen LogP contribution < -0.4 is 5.32 Å². The van der Waals surface area contributed by atoms with Crippen LogP contribution in [0, 0.1) is 5.92 Å². The van der Waals surface area contributed by atoms with E-state index in [-0.39, 0.29) is 12.0 Å². The number of rotatable bonds is 1. The molecule has 0 unspecified atom stereocenters. The van der Waals surface area contributed by atoms with Crippen LogP contribution in [0.25, 0.3) is 0 Å². The minimum atomic E-state index is -0.629. The molecule has 2 heterocycles. The zero-order valence-corrected chi connectivity index (χ0v) is 5.71. The van der Waals surface area contributed by atoms with Gasteiger partial charge in [0.2, 0.25) is 0 Å². The number of aliphatic carboxylic acids is 1. The molecule has 0 aromatic carbocycles. The minimum absolute atomic E-state index is 0.106. The Balaban J connectivity index is 2.02. The summed E-state index contributed by atoms with van der Waals surface area (Å²) in [4.78, 5) is 10.5. The third kappa shape index (κ3) is 0.736. The van der Waals surface area contributed by atoms with E-state index in [1.54, 1.807) is 0 Å². The van der Waals surface area contributed by atoms with Crippen molar-refractivity contribution < 1.29 is 9.90 Å². The molecule has 3 heteroatoms. The Morgan fingerprint density at radius 3 is 2.50 bits per heavy atom. The molecular weight excluding hydrogens is 130 g/mol. The summed E-state index contributed by atoms with van der Waals surface area (Å²) < 4.78 is 0. The van der Waals surface area contributed by atoms with Gasteiger partial charge in [-0.2, -0.15) is 0 Å². The van der Waals surface area contributed by atoms with Gasteiger partial charge in [0.25, 0.3) is 0 Å². The average Bonchev–Trinajstić information content (AvgIpc) is 1.86. The molecule has 2 aliphatic heterocycles. The fourth-order valence-electron chi connectivity index (χ4n) is 1.94. The van der Waals surface area contributed by atoms with Gasteiger partial charge < -0.3 is 10.4 Å². The second-order valence-corrected chi connectivity index (χ2v) is 3.23. The van der Waals surface area contributed by atoms with E-state index >= 15 is 0 Å². The maximum atomic E-state index is 10.5. The Morgan fingerprint density at radius 1 is 1.50 bits per heavy atom. The number of fused-ring (bicyclic) bond motifs is 2. The number of nitrogens with one attached hydrogen (secondary N) is 1. The molecule has 2 saturated heterocycles. The number of piperidine rings is 1. The molecular formula is C7H11NO2. The van der Waals surface area contributed by atoms with E-state index in [9.17, 15) is 4.79 Å². The molecule has 0 aromatic rings. The van der Waals surface area contributed by atoms with Crippen molar-refractivity contribution in [2.45, 2.75) is 31.3 Å². The number of carboxylic acid groups (broad SMARTS) is 1. The van der Waals surface area contributed by atoms with Gasteiger partial charge in [-0.25, -0.2) is 0 Å². The maximum Gasteiger partial charge on any atom is 0.308 e. The molecule has 3 aliphatic rings. The van der Waals surface area contributed by atoms with Crippen molar-refractivity contribution in [2.75, 3.05) is 0 Å². The predicted molar refractivity (Wildman–Crippen MR) is 35.7 cm³/mol. The van der Waals surface area contributed by atoms with Crippen molar-refractivity contribution in [3.05, 3.63) is 0 Å². The topological polar surface area (TPSA) is 49.3 Å². The van der Waals surface area contributed by atoms with Crippen LogP contribution in [-0.4, -0.2) is 23.2 Å². The largest absolute Gasteiger partial charge is 0.481 e. The first kappa shape index (κ1) is 6.16. The Morgan fingerprint density at radius 2 is 2.20 bits per heavy atom. The zero-order valence-electron chi connectivity index (χ0n) is 5.71. The lowest BCUT2D eigenvalue weighted by Crippen LogP contribution is -2.61. The van der Waals surface area contributed by atoms with Gasteiger partial charge in [0.05, 0.1) is 5.92 Å². The molecule has 3 rings (SSSR count). The second-order valence-electron chi connectivity index (χ2n) is 3.23. The first-order valence-electron chi connectivity index (χ1n) is 3.76. The number of hydrogen-bond acceptors (Lipinski definition) is 2. The van der Waals surface area contributed by atoms with Crippen molar-refractivity contribution in [1.29, 1.82) is 0 Å². The van der Waals surface area contributed by atoms with E-state index in [0.717, 1.165) is 19.3 Å². The van der Waals surface area contributed by atoms with Crippen LogP contribution in [0.4, 0.5) is 0 Å². The lowest BCUT2D eigenvalue weighted by molar-refractivity contribution is -0.146. The third-order valence-corrected chi connectivity index (χ3v) is 2.62. The number of hydrogen-bond donors (Lipinski definition) is 2. The molecule has 0 spiro atoms. The summed E-state index contributed by atoms with van der Waals surface area (Å²) in [7, 11) is 0. The average molecular weight is 141 g/mol. The fraction of sp³-hybridized carbons (Fsp3) is 0.857. The molecule has 0 radical (unpaired) electrons. The number of carbonyl (C=O) groups is 1. The zero-order chi connectivity index (χ0) is 7.14. The van der Waals surface area contributed by atoms with Gasteiger partial charge in [0.15, 0.2) is 0 Å². The van der Waals surface area contributed by atoms with Gasteiger partial charge in [0.1, 0.15) is 0 Å². The van der Waals surface area contributed by atoms with Gasteiger partial charge in [-0.05, 0) is 19.3 Å². The Labute approximate surface area is 59.4 Å². The molecule has 10 heavy (non-hydrogen) atoms. The quantitative estimate of drug-likeness (QED) is 0.549. The summed E-state index contributed by atoms with van der Waals surface area (Å²) in [6.07, 6.45) is 3.00. The summed E-state index contributed by atoms with van der Waals surface area (Å²) >= 11 is 0. The third-order valence-electron chi connectivity index (χ3n) is 2.62. The van der Waals surface area contributed by atoms with Crippen LogP contribution in [-0.2, 0) is 4.79 Å². The molecule has 3 fully saturated rings. The predicted octanol–water partition coefficient (Wildman–Crippen LogP) is 0.212. The van der Waals surface area contributed by atoms with Crippen molar-refractivity contribution in [1.82, 2.24) is 5.32 Å². The first-order chi connectivity index (χ1) is 4.77. The molecule has 2 N–H and O–H groups in total. The van der Waals surface area contributed by atoms with E-state index in [1.807, 2.05) is 0 Å². The summed E-state index contributed by atoms with van der Waals surface area (Å²) in [6, 6.07) is 0.928. The SMILES string of the molecule is O=C(O)[C@@H]1CC[C@@H]2C[C@H]1N2. The lowest BCUT2D eigenvalue weighted by atomic mass is 9.75. The second kappa shape index (κ2) is 1.95. The maximum absolute atomic E-state index is 10.5. The highest BCUT2D eigenvalue weighted by atomic mass is 16.4. The molecule has 3 atom stereocenters. The lowest BCUT2D eigenvalue weighted by Gasteiger charge is -2.46. The molecule has 1 saturated carbocycles. The van der Waals surface area contributed by atoms with Gasteiger partial charge in [-0.15, -0.1) is 0 Å². The smallest absolute Gasteiger partial charge is 0.308 e. The molecule has 2 bridgehead atoms. The Hall–Kier alpha value is -0.570. The first-order valence-corrected chi connectivity index (χ1v) is 3.76. The van der Waals surface area contributed by atoms with E-state index in [2.05, 4.69) is 5.32 Å². The molecule has 0 aromatic heterocycles. The highest BCUT2D eigenvalue weighted by Gasteiger charge is 2.42. The molecule has 1 aliphatic carbocycles. The van der Waals surface area contributed by atoms with Crippen LogP contribution >= 0.6 is 0 Å². The van der Waals surface area contributed by atoms with Crippen LogP contribution in [0.15, 0.2) is 0 Å². The van der Waals surface area contributed by atoms with Crippen molar-refractivity contribution in [3.63, 3.8) is 0 Å². The van der Waals surface area contributed by atoms with E-state index in [1.165, 1.54) is 0 Å². The highest BCUT2D eigenvalue weighted by molar-refractivity contribution is 5.71. The van der Waals surface area contributed by atoms with Crippen molar-refractivity contribution >= 4 is 5.97 Å². The van der Waals surface area contributed by atoms with Gasteiger partial charge in [-0.3, -0.25) is 4.79 Å². The summed E-state index contributed by atoms with van der Waals surface area (Å²) in [5, 5.41) is 11.9.